The fourth-order valence-electron chi connectivity index (χ4n) is 4.07. The van der Waals surface area contributed by atoms with Gasteiger partial charge in [0.15, 0.2) is 6.61 Å². The lowest BCUT2D eigenvalue weighted by Gasteiger charge is -2.19. The van der Waals surface area contributed by atoms with E-state index in [4.69, 9.17) is 4.74 Å². The van der Waals surface area contributed by atoms with E-state index in [-0.39, 0.29) is 40.5 Å². The number of anilines is 1. The molecule has 33 heavy (non-hydrogen) atoms. The van der Waals surface area contributed by atoms with Crippen LogP contribution in [0.3, 0.4) is 0 Å². The summed E-state index contributed by atoms with van der Waals surface area (Å²) >= 11 is 0. The van der Waals surface area contributed by atoms with Crippen molar-refractivity contribution in [2.75, 3.05) is 32.7 Å². The van der Waals surface area contributed by atoms with Crippen LogP contribution in [0.15, 0.2) is 18.2 Å². The number of methoxy groups -OCH3 is 2. The monoisotopic (exact) mass is 460 g/mol. The zero-order valence-corrected chi connectivity index (χ0v) is 18.3. The van der Waals surface area contributed by atoms with E-state index < -0.39 is 37.0 Å². The van der Waals surface area contributed by atoms with Gasteiger partial charge in [-0.05, 0) is 31.0 Å². The first-order valence-electron chi connectivity index (χ1n) is 10.4. The molecular weight excluding hydrogens is 436 g/mol. The molecule has 3 rings (SSSR count). The molecule has 1 saturated heterocycles. The highest BCUT2D eigenvalue weighted by atomic mass is 16.5. The van der Waals surface area contributed by atoms with Gasteiger partial charge in [-0.1, -0.05) is 12.8 Å². The summed E-state index contributed by atoms with van der Waals surface area (Å²) < 4.78 is 14.2. The first kappa shape index (κ1) is 23.9. The second kappa shape index (κ2) is 10.2. The van der Waals surface area contributed by atoms with Crippen molar-refractivity contribution in [3.63, 3.8) is 0 Å². The zero-order valence-electron chi connectivity index (χ0n) is 18.3. The Kier molecular flexibility index (Phi) is 7.41. The van der Waals surface area contributed by atoms with Gasteiger partial charge in [0.05, 0.1) is 42.9 Å². The second-order valence-corrected chi connectivity index (χ2v) is 7.71. The van der Waals surface area contributed by atoms with E-state index in [2.05, 4.69) is 14.8 Å². The average Bonchev–Trinajstić information content (AvgIpc) is 3.06. The molecule has 11 nitrogen and oxygen atoms in total. The standard InChI is InChI=1S/C22H24N2O9/c1-31-21(29)12-7-8-15(22(30)32-2)16(9-12)23-17(25)11-33-18(26)10-24-19(27)13-5-3-4-6-14(13)20(24)28/h7-9,13-14H,3-6,10-11H2,1-2H3,(H,23,25)/t13-,14-/m1/s1. The third-order valence-corrected chi connectivity index (χ3v) is 5.70. The highest BCUT2D eigenvalue weighted by molar-refractivity contribution is 6.07. The fourth-order valence-corrected chi connectivity index (χ4v) is 4.07. The number of benzene rings is 1. The normalized spacial score (nSPS) is 19.5. The van der Waals surface area contributed by atoms with Crippen molar-refractivity contribution in [2.24, 2.45) is 11.8 Å². The van der Waals surface area contributed by atoms with Crippen LogP contribution in [-0.2, 0) is 33.4 Å². The lowest BCUT2D eigenvalue weighted by atomic mass is 9.81. The van der Waals surface area contributed by atoms with Gasteiger partial charge in [-0.3, -0.25) is 24.1 Å². The summed E-state index contributed by atoms with van der Waals surface area (Å²) in [5, 5.41) is 2.38. The Labute approximate surface area is 189 Å². The van der Waals surface area contributed by atoms with Crippen molar-refractivity contribution < 1.29 is 43.0 Å². The molecule has 1 heterocycles. The van der Waals surface area contributed by atoms with Crippen molar-refractivity contribution in [1.29, 1.82) is 0 Å². The van der Waals surface area contributed by atoms with Crippen molar-refractivity contribution in [2.45, 2.75) is 25.7 Å². The number of imide groups is 1. The van der Waals surface area contributed by atoms with Crippen molar-refractivity contribution >= 4 is 41.3 Å². The molecule has 0 bridgehead atoms. The summed E-state index contributed by atoms with van der Waals surface area (Å²) in [6, 6.07) is 3.83. The van der Waals surface area contributed by atoms with Crippen molar-refractivity contribution in [1.82, 2.24) is 4.90 Å². The summed E-state index contributed by atoms with van der Waals surface area (Å²) in [5.41, 5.74) is 0.00504. The molecule has 2 fully saturated rings. The Morgan fingerprint density at radius 1 is 0.970 bits per heavy atom. The molecule has 0 spiro atoms. The van der Waals surface area contributed by atoms with E-state index >= 15 is 0 Å². The molecule has 1 aromatic carbocycles. The Balaban J connectivity index is 1.60. The predicted molar refractivity (Wildman–Crippen MR) is 111 cm³/mol. The van der Waals surface area contributed by atoms with Gasteiger partial charge >= 0.3 is 17.9 Å². The number of amides is 3. The van der Waals surface area contributed by atoms with E-state index in [1.807, 2.05) is 0 Å². The largest absolute Gasteiger partial charge is 0.465 e. The number of hydrogen-bond acceptors (Lipinski definition) is 9. The zero-order chi connectivity index (χ0) is 24.1. The minimum atomic E-state index is -0.915. The number of esters is 3. The maximum atomic E-state index is 12.4. The summed E-state index contributed by atoms with van der Waals surface area (Å²) in [6.45, 7) is -1.30. The van der Waals surface area contributed by atoms with Crippen LogP contribution in [0.25, 0.3) is 0 Å². The number of fused-ring (bicyclic) bond motifs is 1. The third-order valence-electron chi connectivity index (χ3n) is 5.70. The van der Waals surface area contributed by atoms with Crippen LogP contribution in [0, 0.1) is 11.8 Å². The lowest BCUT2D eigenvalue weighted by Crippen LogP contribution is -2.37. The molecule has 3 amide bonds. The van der Waals surface area contributed by atoms with Gasteiger partial charge in [-0.2, -0.15) is 0 Å². The van der Waals surface area contributed by atoms with Gasteiger partial charge in [0.1, 0.15) is 6.54 Å². The van der Waals surface area contributed by atoms with Crippen LogP contribution in [0.4, 0.5) is 5.69 Å². The number of nitrogens with one attached hydrogen (secondary N) is 1. The van der Waals surface area contributed by atoms with E-state index in [0.29, 0.717) is 12.8 Å². The summed E-state index contributed by atoms with van der Waals surface area (Å²) in [7, 11) is 2.33. The number of nitrogens with zero attached hydrogens (tertiary/aromatic N) is 1. The highest BCUT2D eigenvalue weighted by Gasteiger charge is 2.48. The van der Waals surface area contributed by atoms with Crippen LogP contribution in [0.1, 0.15) is 46.4 Å². The van der Waals surface area contributed by atoms with E-state index in [9.17, 15) is 28.8 Å². The summed E-state index contributed by atoms with van der Waals surface area (Å²) in [6.07, 6.45) is 2.97. The molecule has 1 aromatic rings. The Morgan fingerprint density at radius 2 is 1.58 bits per heavy atom. The minimum absolute atomic E-state index is 0.0271. The third kappa shape index (κ3) is 5.18. The molecular formula is C22H24N2O9. The highest BCUT2D eigenvalue weighted by Crippen LogP contribution is 2.37. The number of likely N-dealkylation sites (tertiary alicyclic amines) is 1. The van der Waals surface area contributed by atoms with Crippen LogP contribution in [0.5, 0.6) is 0 Å². The summed E-state index contributed by atoms with van der Waals surface area (Å²) in [4.78, 5) is 74.0. The fraction of sp³-hybridized carbons (Fsp3) is 0.455. The van der Waals surface area contributed by atoms with E-state index in [0.717, 1.165) is 24.9 Å². The Hall–Kier alpha value is -3.76. The van der Waals surface area contributed by atoms with Crippen molar-refractivity contribution in [3.8, 4) is 0 Å². The van der Waals surface area contributed by atoms with Gasteiger partial charge in [0.25, 0.3) is 5.91 Å². The van der Waals surface area contributed by atoms with E-state index in [1.54, 1.807) is 0 Å². The molecule has 1 N–H and O–H groups in total. The van der Waals surface area contributed by atoms with Gasteiger partial charge in [0, 0.05) is 0 Å². The molecule has 1 aliphatic carbocycles. The molecule has 11 heteroatoms. The predicted octanol–water partition coefficient (Wildman–Crippen LogP) is 0.917. The van der Waals surface area contributed by atoms with Gasteiger partial charge in [-0.25, -0.2) is 9.59 Å². The molecule has 0 radical (unpaired) electrons. The molecule has 176 valence electrons. The van der Waals surface area contributed by atoms with Crippen LogP contribution in [-0.4, -0.2) is 67.9 Å². The number of carbonyl (C=O) groups is 6. The molecule has 0 aromatic heterocycles. The van der Waals surface area contributed by atoms with Crippen LogP contribution < -0.4 is 5.32 Å². The molecule has 2 atom stereocenters. The Morgan fingerprint density at radius 3 is 2.15 bits per heavy atom. The SMILES string of the molecule is COC(=O)c1ccc(C(=O)OC)c(NC(=O)COC(=O)CN2C(=O)[C@@H]3CCCC[C@H]3C2=O)c1. The first-order valence-corrected chi connectivity index (χ1v) is 10.4. The van der Waals surface area contributed by atoms with Gasteiger partial charge < -0.3 is 19.5 Å². The number of hydrogen-bond donors (Lipinski definition) is 1. The van der Waals surface area contributed by atoms with E-state index in [1.165, 1.54) is 25.3 Å². The quantitative estimate of drug-likeness (QED) is 0.356. The second-order valence-electron chi connectivity index (χ2n) is 7.71. The lowest BCUT2D eigenvalue weighted by molar-refractivity contribution is -0.154. The number of ether oxygens (including phenoxy) is 3. The van der Waals surface area contributed by atoms with Gasteiger partial charge in [0.2, 0.25) is 11.8 Å². The molecule has 1 saturated carbocycles. The van der Waals surface area contributed by atoms with Crippen LogP contribution in [0.2, 0.25) is 0 Å². The van der Waals surface area contributed by atoms with Crippen molar-refractivity contribution in [3.05, 3.63) is 29.3 Å². The topological polar surface area (TPSA) is 145 Å². The van der Waals surface area contributed by atoms with Crippen LogP contribution >= 0.6 is 0 Å². The Bertz CT molecular complexity index is 980. The smallest absolute Gasteiger partial charge is 0.339 e. The summed E-state index contributed by atoms with van der Waals surface area (Å²) in [5.74, 6) is -4.70. The molecule has 1 aliphatic heterocycles. The average molecular weight is 460 g/mol. The maximum absolute atomic E-state index is 12.4. The molecule has 0 unspecified atom stereocenters. The minimum Gasteiger partial charge on any atom is -0.465 e. The number of rotatable bonds is 7. The maximum Gasteiger partial charge on any atom is 0.339 e. The first-order chi connectivity index (χ1) is 15.8. The number of carbonyl (C=O) groups excluding carboxylic acids is 6. The molecule has 2 aliphatic rings. The van der Waals surface area contributed by atoms with Gasteiger partial charge in [-0.15, -0.1) is 0 Å².